The van der Waals surface area contributed by atoms with Crippen molar-refractivity contribution in [2.45, 2.75) is 37.4 Å². The minimum Gasteiger partial charge on any atom is -0.447 e. The van der Waals surface area contributed by atoms with E-state index >= 15 is 0 Å². The molecule has 0 spiro atoms. The summed E-state index contributed by atoms with van der Waals surface area (Å²) < 4.78 is 55.1. The first kappa shape index (κ1) is 16.5. The summed E-state index contributed by atoms with van der Waals surface area (Å²) in [7, 11) is -6.98. The number of hydrogen-bond acceptors (Lipinski definition) is 6. The molecule has 2 heterocycles. The molecule has 2 N–H and O–H groups in total. The van der Waals surface area contributed by atoms with E-state index in [4.69, 9.17) is 4.42 Å². The van der Waals surface area contributed by atoms with Crippen molar-refractivity contribution in [2.75, 3.05) is 18.1 Å². The predicted molar refractivity (Wildman–Crippen MR) is 78.1 cm³/mol. The van der Waals surface area contributed by atoms with E-state index in [1.807, 2.05) is 6.92 Å². The van der Waals surface area contributed by atoms with Crippen LogP contribution < -0.4 is 10.0 Å². The molecule has 9 heteroatoms. The second-order valence-electron chi connectivity index (χ2n) is 5.08. The van der Waals surface area contributed by atoms with Crippen LogP contribution in [0.5, 0.6) is 0 Å². The van der Waals surface area contributed by atoms with Gasteiger partial charge in [-0.05, 0) is 31.5 Å². The van der Waals surface area contributed by atoms with Gasteiger partial charge in [-0.25, -0.2) is 21.6 Å². The molecule has 0 saturated carbocycles. The van der Waals surface area contributed by atoms with Crippen molar-refractivity contribution in [1.29, 1.82) is 0 Å². The molecular formula is C12H20N2O5S2. The summed E-state index contributed by atoms with van der Waals surface area (Å²) in [5, 5.41) is 2.85. The molecule has 1 fully saturated rings. The average Bonchev–Trinajstić information content (AvgIpc) is 2.84. The lowest BCUT2D eigenvalue weighted by molar-refractivity contribution is 0.398. The molecule has 1 aliphatic heterocycles. The molecule has 0 aliphatic carbocycles. The molecule has 1 saturated heterocycles. The fourth-order valence-corrected chi connectivity index (χ4v) is 5.20. The molecule has 7 nitrogen and oxygen atoms in total. The SMILES string of the molecule is CCNCc1ccc(S(=O)(=O)NC2CCCS(=O)(=O)C2)o1. The van der Waals surface area contributed by atoms with Gasteiger partial charge in [0.2, 0.25) is 5.09 Å². The lowest BCUT2D eigenvalue weighted by Crippen LogP contribution is -2.43. The molecule has 2 rings (SSSR count). The third-order valence-corrected chi connectivity index (χ3v) is 6.45. The van der Waals surface area contributed by atoms with Gasteiger partial charge in [-0.15, -0.1) is 0 Å². The number of sulfonamides is 1. The highest BCUT2D eigenvalue weighted by atomic mass is 32.2. The van der Waals surface area contributed by atoms with Crippen LogP contribution in [0.2, 0.25) is 0 Å². The van der Waals surface area contributed by atoms with Gasteiger partial charge in [0, 0.05) is 6.04 Å². The van der Waals surface area contributed by atoms with E-state index in [1.54, 1.807) is 6.07 Å². The Hall–Kier alpha value is -0.900. The highest BCUT2D eigenvalue weighted by molar-refractivity contribution is 7.91. The molecule has 1 atom stereocenters. The topological polar surface area (TPSA) is 105 Å². The molecule has 120 valence electrons. The summed E-state index contributed by atoms with van der Waals surface area (Å²) in [5.74, 6) is 0.490. The summed E-state index contributed by atoms with van der Waals surface area (Å²) in [6.07, 6.45) is 0.989. The van der Waals surface area contributed by atoms with Crippen molar-refractivity contribution >= 4 is 19.9 Å². The summed E-state index contributed by atoms with van der Waals surface area (Å²) in [6.45, 7) is 3.14. The van der Waals surface area contributed by atoms with Crippen LogP contribution in [0.4, 0.5) is 0 Å². The van der Waals surface area contributed by atoms with Crippen molar-refractivity contribution in [1.82, 2.24) is 10.0 Å². The maximum Gasteiger partial charge on any atom is 0.274 e. The number of hydrogen-bond donors (Lipinski definition) is 2. The van der Waals surface area contributed by atoms with Crippen LogP contribution in [0.25, 0.3) is 0 Å². The quantitative estimate of drug-likeness (QED) is 0.771. The van der Waals surface area contributed by atoms with Crippen molar-refractivity contribution < 1.29 is 21.3 Å². The number of sulfone groups is 1. The van der Waals surface area contributed by atoms with Gasteiger partial charge in [0.05, 0.1) is 18.1 Å². The zero-order chi connectivity index (χ0) is 15.5. The molecule has 0 radical (unpaired) electrons. The average molecular weight is 336 g/mol. The first-order valence-corrected chi connectivity index (χ1v) is 10.1. The Kier molecular flexibility index (Phi) is 5.07. The molecule has 0 bridgehead atoms. The van der Waals surface area contributed by atoms with Crippen molar-refractivity contribution in [3.8, 4) is 0 Å². The molecular weight excluding hydrogens is 316 g/mol. The first-order valence-electron chi connectivity index (χ1n) is 6.84. The van der Waals surface area contributed by atoms with Crippen LogP contribution in [0.1, 0.15) is 25.5 Å². The Morgan fingerprint density at radius 2 is 2.14 bits per heavy atom. The molecule has 0 aromatic carbocycles. The van der Waals surface area contributed by atoms with Crippen LogP contribution in [-0.2, 0) is 26.4 Å². The Labute approximate surface area is 125 Å². The minimum atomic E-state index is -3.82. The van der Waals surface area contributed by atoms with E-state index in [0.717, 1.165) is 6.54 Å². The number of rotatable bonds is 6. The molecule has 1 aromatic heterocycles. The summed E-state index contributed by atoms with van der Waals surface area (Å²) in [6, 6.07) is 2.39. The Morgan fingerprint density at radius 1 is 1.38 bits per heavy atom. The van der Waals surface area contributed by atoms with Crippen LogP contribution in [0.3, 0.4) is 0 Å². The second kappa shape index (κ2) is 6.47. The third-order valence-electron chi connectivity index (χ3n) is 3.24. The van der Waals surface area contributed by atoms with Gasteiger partial charge in [0.15, 0.2) is 9.84 Å². The standard InChI is InChI=1S/C12H20N2O5S2/c1-2-13-8-11-5-6-12(19-11)21(17,18)14-10-4-3-7-20(15,16)9-10/h5-6,10,13-14H,2-4,7-9H2,1H3. The van der Waals surface area contributed by atoms with Gasteiger partial charge in [-0.1, -0.05) is 6.92 Å². The van der Waals surface area contributed by atoms with Crippen molar-refractivity contribution in [3.63, 3.8) is 0 Å². The molecule has 21 heavy (non-hydrogen) atoms. The fourth-order valence-electron chi connectivity index (χ4n) is 2.24. The van der Waals surface area contributed by atoms with E-state index in [2.05, 4.69) is 10.0 Å². The van der Waals surface area contributed by atoms with E-state index in [0.29, 0.717) is 25.1 Å². The van der Waals surface area contributed by atoms with Gasteiger partial charge in [0.1, 0.15) is 5.76 Å². The van der Waals surface area contributed by atoms with E-state index in [9.17, 15) is 16.8 Å². The lowest BCUT2D eigenvalue weighted by atomic mass is 10.2. The summed E-state index contributed by atoms with van der Waals surface area (Å²) in [4.78, 5) is 0. The largest absolute Gasteiger partial charge is 0.447 e. The van der Waals surface area contributed by atoms with Crippen LogP contribution >= 0.6 is 0 Å². The Bertz CT molecular complexity index is 678. The predicted octanol–water partition coefficient (Wildman–Crippen LogP) is 0.245. The Morgan fingerprint density at radius 3 is 2.81 bits per heavy atom. The zero-order valence-corrected chi connectivity index (χ0v) is 13.5. The van der Waals surface area contributed by atoms with Gasteiger partial charge in [-0.3, -0.25) is 0 Å². The maximum absolute atomic E-state index is 12.2. The summed E-state index contributed by atoms with van der Waals surface area (Å²) in [5.41, 5.74) is 0. The van der Waals surface area contributed by atoms with Gasteiger partial charge in [0.25, 0.3) is 10.0 Å². The monoisotopic (exact) mass is 336 g/mol. The molecule has 1 aromatic rings. The van der Waals surface area contributed by atoms with Crippen LogP contribution in [0.15, 0.2) is 21.6 Å². The van der Waals surface area contributed by atoms with E-state index < -0.39 is 25.9 Å². The highest BCUT2D eigenvalue weighted by Crippen LogP contribution is 2.18. The van der Waals surface area contributed by atoms with Crippen LogP contribution in [-0.4, -0.2) is 40.9 Å². The lowest BCUT2D eigenvalue weighted by Gasteiger charge is -2.22. The molecule has 1 unspecified atom stereocenters. The van der Waals surface area contributed by atoms with E-state index in [-0.39, 0.29) is 16.6 Å². The maximum atomic E-state index is 12.2. The fraction of sp³-hybridized carbons (Fsp3) is 0.667. The van der Waals surface area contributed by atoms with Crippen molar-refractivity contribution in [3.05, 3.63) is 17.9 Å². The highest BCUT2D eigenvalue weighted by Gasteiger charge is 2.30. The third kappa shape index (κ3) is 4.53. The second-order valence-corrected chi connectivity index (χ2v) is 8.95. The van der Waals surface area contributed by atoms with Crippen molar-refractivity contribution in [2.24, 2.45) is 0 Å². The normalized spacial score (nSPS) is 22.2. The van der Waals surface area contributed by atoms with Crippen LogP contribution in [0, 0.1) is 0 Å². The zero-order valence-electron chi connectivity index (χ0n) is 11.8. The first-order chi connectivity index (χ1) is 9.82. The smallest absolute Gasteiger partial charge is 0.274 e. The number of nitrogens with one attached hydrogen (secondary N) is 2. The number of furan rings is 1. The Balaban J connectivity index is 2.06. The van der Waals surface area contributed by atoms with E-state index in [1.165, 1.54) is 6.07 Å². The molecule has 0 amide bonds. The van der Waals surface area contributed by atoms with Gasteiger partial charge in [-0.2, -0.15) is 0 Å². The minimum absolute atomic E-state index is 0.124. The summed E-state index contributed by atoms with van der Waals surface area (Å²) >= 11 is 0. The molecule has 1 aliphatic rings. The van der Waals surface area contributed by atoms with Gasteiger partial charge >= 0.3 is 0 Å². The van der Waals surface area contributed by atoms with Gasteiger partial charge < -0.3 is 9.73 Å².